The molecule has 1 fully saturated rings. The molecule has 332 valence electrons. The highest BCUT2D eigenvalue weighted by atomic mass is 28.4. The van der Waals surface area contributed by atoms with Crippen molar-refractivity contribution in [2.24, 2.45) is 5.92 Å². The van der Waals surface area contributed by atoms with E-state index in [1.165, 1.54) is 0 Å². The number of anilines is 5. The number of aliphatic hydroxyl groups excluding tert-OH is 1. The molecule has 0 radical (unpaired) electrons. The third kappa shape index (κ3) is 6.18. The summed E-state index contributed by atoms with van der Waals surface area (Å²) in [5.74, 6) is -1.16. The molecule has 0 aliphatic carbocycles. The summed E-state index contributed by atoms with van der Waals surface area (Å²) < 4.78 is 25.8. The van der Waals surface area contributed by atoms with Crippen LogP contribution >= 0.6 is 0 Å². The molecule has 8 aromatic rings. The third-order valence-corrected chi connectivity index (χ3v) is 16.9. The summed E-state index contributed by atoms with van der Waals surface area (Å²) in [7, 11) is -3.55. The van der Waals surface area contributed by atoms with Gasteiger partial charge in [0.1, 0.15) is 11.8 Å². The van der Waals surface area contributed by atoms with Gasteiger partial charge in [0, 0.05) is 45.7 Å². The number of benzene rings is 7. The molecular weight excluding hydrogens is 860 g/mol. The maximum atomic E-state index is 17.0. The fourth-order valence-corrected chi connectivity index (χ4v) is 14.0. The van der Waals surface area contributed by atoms with Crippen LogP contribution in [0.3, 0.4) is 0 Å². The average molecular weight is 905 g/mol. The number of carbonyl (C=O) groups excluding carboxylic acids is 3. The van der Waals surface area contributed by atoms with Gasteiger partial charge < -0.3 is 18.9 Å². The van der Waals surface area contributed by atoms with Crippen LogP contribution in [0.15, 0.2) is 152 Å². The number of aryl methyl sites for hydroxylation is 1. The number of aliphatic hydroxyl groups is 1. The Morgan fingerprint density at radius 1 is 0.731 bits per heavy atom. The molecule has 1 spiro atoms. The first-order chi connectivity index (χ1) is 32.4. The second-order valence-electron chi connectivity index (χ2n) is 18.7. The summed E-state index contributed by atoms with van der Waals surface area (Å²) in [5, 5.41) is 23.4. The lowest BCUT2D eigenvalue weighted by Gasteiger charge is -2.31. The Morgan fingerprint density at radius 3 is 1.96 bits per heavy atom. The Balaban J connectivity index is 0.906. The largest absolute Gasteiger partial charge is 0.382 e. The molecule has 67 heavy (non-hydrogen) atoms. The molecule has 13 heteroatoms. The first kappa shape index (κ1) is 41.1. The normalized spacial score (nSPS) is 21.2. The smallest absolute Gasteiger partial charge is 0.264 e. The fourth-order valence-electron chi connectivity index (χ4n) is 11.5. The van der Waals surface area contributed by atoms with Crippen LogP contribution in [0.25, 0.3) is 21.5 Å². The van der Waals surface area contributed by atoms with Crippen LogP contribution in [0.5, 0.6) is 0 Å². The van der Waals surface area contributed by atoms with Crippen LogP contribution in [0.4, 0.5) is 32.5 Å². The molecule has 7 aromatic carbocycles. The maximum Gasteiger partial charge on any atom is 0.264 e. The van der Waals surface area contributed by atoms with Gasteiger partial charge in [-0.2, -0.15) is 0 Å². The van der Waals surface area contributed by atoms with Gasteiger partial charge in [-0.1, -0.05) is 103 Å². The minimum absolute atomic E-state index is 0.0957. The lowest BCUT2D eigenvalue weighted by Crippen LogP contribution is -2.45. The number of halogens is 1. The van der Waals surface area contributed by atoms with E-state index >= 15 is 8.90 Å². The number of nitrogens with zero attached hydrogens (tertiary/aromatic N) is 6. The zero-order valence-electron chi connectivity index (χ0n) is 37.0. The zero-order chi connectivity index (χ0) is 45.9. The fraction of sp³-hybridized carbons (Fsp3) is 0.204. The number of hydrogen-bond donors (Lipinski definition) is 1. The summed E-state index contributed by atoms with van der Waals surface area (Å²) in [6.07, 6.45) is 0.385. The molecule has 3 amide bonds. The number of rotatable bonds is 10. The van der Waals surface area contributed by atoms with Gasteiger partial charge in [0.15, 0.2) is 5.60 Å². The minimum Gasteiger partial charge on any atom is -0.382 e. The molecule has 5 atom stereocenters. The van der Waals surface area contributed by atoms with E-state index < -0.39 is 37.7 Å². The van der Waals surface area contributed by atoms with Crippen molar-refractivity contribution in [1.82, 2.24) is 15.0 Å². The van der Waals surface area contributed by atoms with Crippen LogP contribution in [0.1, 0.15) is 62.5 Å². The molecule has 0 saturated carbocycles. The SMILES string of the molecule is C[C@H]1[C@H]([Si](C)(C)F)[C@@H](CCn2cc([C@H](O)c3ccccc3)nn2)O[C@]12C(=O)N(Cc1ccc(N3C(=O)c4cccc5cccc3c45)cc1)c1ccc(N3C(=O)c4cccc5cccc3c45)cc12. The van der Waals surface area contributed by atoms with Gasteiger partial charge in [0.25, 0.3) is 17.7 Å². The average Bonchev–Trinajstić information content (AvgIpc) is 4.13. The van der Waals surface area contributed by atoms with Crippen molar-refractivity contribution in [3.8, 4) is 0 Å². The van der Waals surface area contributed by atoms with Gasteiger partial charge in [-0.3, -0.25) is 28.9 Å². The molecule has 1 saturated heterocycles. The summed E-state index contributed by atoms with van der Waals surface area (Å²) in [5.41, 5.74) is 5.06. The van der Waals surface area contributed by atoms with Gasteiger partial charge >= 0.3 is 0 Å². The molecule has 1 N–H and O–H groups in total. The predicted molar refractivity (Wildman–Crippen MR) is 258 cm³/mol. The molecule has 4 aliphatic rings. The van der Waals surface area contributed by atoms with Crippen LogP contribution in [-0.2, 0) is 28.2 Å². The molecule has 5 heterocycles. The maximum absolute atomic E-state index is 17.0. The lowest BCUT2D eigenvalue weighted by molar-refractivity contribution is -0.146. The van der Waals surface area contributed by atoms with Crippen molar-refractivity contribution in [3.05, 3.63) is 185 Å². The molecular formula is C54H45FN6O5Si. The summed E-state index contributed by atoms with van der Waals surface area (Å²) in [4.78, 5) is 48.8. The number of fused-ring (bicyclic) bond motifs is 2. The highest BCUT2D eigenvalue weighted by Gasteiger charge is 2.66. The highest BCUT2D eigenvalue weighted by Crippen LogP contribution is 2.61. The lowest BCUT2D eigenvalue weighted by atomic mass is 9.82. The molecule has 12 rings (SSSR count). The number of aromatic nitrogens is 3. The van der Waals surface area contributed by atoms with Crippen molar-refractivity contribution in [2.45, 2.75) is 62.9 Å². The quantitative estimate of drug-likeness (QED) is 0.107. The van der Waals surface area contributed by atoms with E-state index in [4.69, 9.17) is 4.74 Å². The number of carbonyl (C=O) groups is 3. The monoisotopic (exact) mass is 904 g/mol. The van der Waals surface area contributed by atoms with E-state index in [1.54, 1.807) is 38.7 Å². The van der Waals surface area contributed by atoms with E-state index in [0.717, 1.165) is 38.5 Å². The summed E-state index contributed by atoms with van der Waals surface area (Å²) in [6, 6.07) is 45.8. The molecule has 0 unspecified atom stereocenters. The first-order valence-corrected chi connectivity index (χ1v) is 25.7. The zero-order valence-corrected chi connectivity index (χ0v) is 38.0. The van der Waals surface area contributed by atoms with Crippen LogP contribution in [0, 0.1) is 5.92 Å². The Morgan fingerprint density at radius 2 is 1.33 bits per heavy atom. The van der Waals surface area contributed by atoms with Gasteiger partial charge in [0.2, 0.25) is 8.41 Å². The van der Waals surface area contributed by atoms with Gasteiger partial charge in [-0.05, 0) is 96.0 Å². The van der Waals surface area contributed by atoms with Gasteiger partial charge in [-0.15, -0.1) is 5.10 Å². The van der Waals surface area contributed by atoms with Crippen molar-refractivity contribution in [3.63, 3.8) is 0 Å². The van der Waals surface area contributed by atoms with Crippen LogP contribution < -0.4 is 14.7 Å². The molecule has 0 bridgehead atoms. The van der Waals surface area contributed by atoms with E-state index in [9.17, 15) is 14.7 Å². The molecule has 11 nitrogen and oxygen atoms in total. The standard InChI is InChI=1S/C54H45FN6O5Si/c1-32-50(67(2,3)55)46(27-28-58-31-42(56-57-58)49(62)36-11-5-4-6-12-36)66-54(32)41-29-38(61-45-20-10-16-35-14-8-18-40(48(35)45)52(61)64)25-26-43(41)59(53(54)65)30-33-21-23-37(24-22-33)60-44-19-9-15-34-13-7-17-39(47(34)44)51(60)63/h4-26,29,31-32,46,49-50,62H,27-28,30H2,1-3H3/t32-,46+,49+,50-,54+/m0/s1. The van der Waals surface area contributed by atoms with E-state index in [0.29, 0.717) is 58.0 Å². The number of amides is 3. The van der Waals surface area contributed by atoms with Crippen LogP contribution in [0.2, 0.25) is 18.6 Å². The molecule has 4 aliphatic heterocycles. The Bertz CT molecular complexity index is 3350. The Labute approximate surface area is 386 Å². The highest BCUT2D eigenvalue weighted by molar-refractivity contribution is 6.72. The predicted octanol–water partition coefficient (Wildman–Crippen LogP) is 10.7. The van der Waals surface area contributed by atoms with Crippen molar-refractivity contribution < 1.29 is 28.3 Å². The van der Waals surface area contributed by atoms with E-state index in [-0.39, 0.29) is 24.3 Å². The van der Waals surface area contributed by atoms with E-state index in [1.807, 2.05) is 153 Å². The topological polar surface area (TPSA) is 121 Å². The van der Waals surface area contributed by atoms with Gasteiger partial charge in [-0.25, -0.2) is 0 Å². The summed E-state index contributed by atoms with van der Waals surface area (Å²) in [6.45, 7) is 5.77. The Kier molecular flexibility index (Phi) is 9.27. The summed E-state index contributed by atoms with van der Waals surface area (Å²) >= 11 is 0. The third-order valence-electron chi connectivity index (χ3n) is 14.4. The Hall–Kier alpha value is -7.32. The van der Waals surface area contributed by atoms with Crippen molar-refractivity contribution in [1.29, 1.82) is 0 Å². The number of hydrogen-bond acceptors (Lipinski definition) is 7. The molecule has 1 aromatic heterocycles. The van der Waals surface area contributed by atoms with Crippen molar-refractivity contribution >= 4 is 76.1 Å². The number of ether oxygens (including phenoxy) is 1. The second-order valence-corrected chi connectivity index (χ2v) is 22.5. The second kappa shape index (κ2) is 15.1. The first-order valence-electron chi connectivity index (χ1n) is 22.7. The van der Waals surface area contributed by atoms with E-state index in [2.05, 4.69) is 10.3 Å². The van der Waals surface area contributed by atoms with Crippen LogP contribution in [-0.4, -0.2) is 52.3 Å². The minimum atomic E-state index is -3.55. The van der Waals surface area contributed by atoms with Gasteiger partial charge in [0.05, 0.1) is 47.0 Å². The van der Waals surface area contributed by atoms with Crippen molar-refractivity contribution in [2.75, 3.05) is 14.7 Å².